The minimum Gasteiger partial charge on any atom is -0.0594 e. The molecule has 6 saturated carbocycles. The molecule has 6 rings (SSSR count). The van der Waals surface area contributed by atoms with Crippen LogP contribution < -0.4 is 0 Å². The van der Waals surface area contributed by atoms with Gasteiger partial charge in [0.15, 0.2) is 0 Å². The second-order valence-electron chi connectivity index (χ2n) is 10.9. The first-order valence-electron chi connectivity index (χ1n) is 10.6. The molecule has 0 spiro atoms. The van der Waals surface area contributed by atoms with Crippen molar-refractivity contribution in [1.29, 1.82) is 0 Å². The molecule has 122 valence electrons. The van der Waals surface area contributed by atoms with E-state index in [0.717, 1.165) is 39.9 Å². The van der Waals surface area contributed by atoms with Gasteiger partial charge in [0, 0.05) is 0 Å². The summed E-state index contributed by atoms with van der Waals surface area (Å²) in [5.41, 5.74) is 2.35. The first-order chi connectivity index (χ1) is 10.6. The maximum absolute atomic E-state index is 2.83. The highest BCUT2D eigenvalue weighted by Gasteiger charge is 2.77. The first-order valence-corrected chi connectivity index (χ1v) is 10.6. The summed E-state index contributed by atoms with van der Waals surface area (Å²) in [6.07, 6.45) is 17.5. The highest BCUT2D eigenvalue weighted by atomic mass is 14.8. The van der Waals surface area contributed by atoms with Crippen LogP contribution in [0.25, 0.3) is 0 Å². The summed E-state index contributed by atoms with van der Waals surface area (Å²) < 4.78 is 0. The Hall–Kier alpha value is 0. The van der Waals surface area contributed by atoms with Crippen molar-refractivity contribution in [3.05, 3.63) is 0 Å². The quantitative estimate of drug-likeness (QED) is 0.510. The van der Waals surface area contributed by atoms with Crippen LogP contribution in [-0.2, 0) is 0 Å². The summed E-state index contributed by atoms with van der Waals surface area (Å²) in [5, 5.41) is 0. The van der Waals surface area contributed by atoms with Crippen LogP contribution in [0.2, 0.25) is 0 Å². The average Bonchev–Trinajstić information content (AvgIpc) is 3.17. The summed E-state index contributed by atoms with van der Waals surface area (Å²) in [6, 6.07) is 0. The number of fused-ring (bicyclic) bond motifs is 5. The van der Waals surface area contributed by atoms with E-state index in [0.29, 0.717) is 0 Å². The molecule has 0 N–H and O–H groups in total. The molecular weight excluding hydrogens is 264 g/mol. The van der Waals surface area contributed by atoms with Gasteiger partial charge in [-0.15, -0.1) is 0 Å². The monoisotopic (exact) mass is 298 g/mol. The van der Waals surface area contributed by atoms with Crippen LogP contribution in [0.15, 0.2) is 0 Å². The minimum atomic E-state index is 0.749. The topological polar surface area (TPSA) is 0 Å². The molecule has 6 fully saturated rings. The fraction of sp³-hybridized carbons (Fsp3) is 1.00. The molecule has 0 saturated heterocycles. The van der Waals surface area contributed by atoms with Crippen molar-refractivity contribution in [2.75, 3.05) is 0 Å². The van der Waals surface area contributed by atoms with Crippen LogP contribution in [0.3, 0.4) is 0 Å². The van der Waals surface area contributed by atoms with Crippen molar-refractivity contribution in [1.82, 2.24) is 0 Å². The third-order valence-corrected chi connectivity index (χ3v) is 11.0. The number of rotatable bonds is 0. The molecule has 0 amide bonds. The Morgan fingerprint density at radius 2 is 1.41 bits per heavy atom. The third-order valence-electron chi connectivity index (χ3n) is 11.0. The van der Waals surface area contributed by atoms with Crippen LogP contribution in [0, 0.1) is 51.8 Å². The molecule has 0 aromatic heterocycles. The highest BCUT2D eigenvalue weighted by molar-refractivity contribution is 5.25. The van der Waals surface area contributed by atoms with Gasteiger partial charge in [-0.25, -0.2) is 0 Å². The van der Waals surface area contributed by atoms with Gasteiger partial charge in [0.05, 0.1) is 0 Å². The molecule has 9 atom stereocenters. The third kappa shape index (κ3) is 1.22. The first kappa shape index (κ1) is 13.3. The predicted molar refractivity (Wildman–Crippen MR) is 90.4 cm³/mol. The second-order valence-corrected chi connectivity index (χ2v) is 10.9. The Morgan fingerprint density at radius 1 is 0.636 bits per heavy atom. The molecule has 6 aliphatic rings. The molecule has 0 nitrogen and oxygen atoms in total. The normalized spacial score (nSPS) is 67.9. The SMILES string of the molecule is C[C@@]12CCC[C@H]1[C@@H]1CCC34CCCC(C5CC53)[C@]4(C)[C@@H]1CC2. The molecule has 0 aromatic rings. The van der Waals surface area contributed by atoms with Crippen molar-refractivity contribution < 1.29 is 0 Å². The van der Waals surface area contributed by atoms with E-state index in [9.17, 15) is 0 Å². The fourth-order valence-corrected chi connectivity index (χ4v) is 10.2. The molecule has 4 unspecified atom stereocenters. The lowest BCUT2D eigenvalue weighted by atomic mass is 9.39. The molecule has 0 heteroatoms. The van der Waals surface area contributed by atoms with Gasteiger partial charge in [-0.05, 0) is 110 Å². The lowest BCUT2D eigenvalue weighted by Gasteiger charge is -2.65. The van der Waals surface area contributed by atoms with E-state index in [1.807, 2.05) is 0 Å². The summed E-state index contributed by atoms with van der Waals surface area (Å²) >= 11 is 0. The van der Waals surface area contributed by atoms with Gasteiger partial charge < -0.3 is 0 Å². The maximum atomic E-state index is 2.83. The Labute approximate surface area is 136 Å². The van der Waals surface area contributed by atoms with Crippen LogP contribution >= 0.6 is 0 Å². The zero-order chi connectivity index (χ0) is 14.7. The lowest BCUT2D eigenvalue weighted by molar-refractivity contribution is -0.169. The van der Waals surface area contributed by atoms with Gasteiger partial charge in [-0.2, -0.15) is 0 Å². The molecule has 2 bridgehead atoms. The summed E-state index contributed by atoms with van der Waals surface area (Å²) in [7, 11) is 0. The molecule has 6 aliphatic carbocycles. The largest absolute Gasteiger partial charge is 0.0594 e. The fourth-order valence-electron chi connectivity index (χ4n) is 10.2. The zero-order valence-electron chi connectivity index (χ0n) is 14.7. The minimum absolute atomic E-state index is 0.749. The second kappa shape index (κ2) is 3.80. The smallest absolute Gasteiger partial charge is 0.0204 e. The van der Waals surface area contributed by atoms with Crippen molar-refractivity contribution in [3.63, 3.8) is 0 Å². The number of hydrogen-bond acceptors (Lipinski definition) is 0. The summed E-state index contributed by atoms with van der Waals surface area (Å²) in [6.45, 7) is 5.50. The van der Waals surface area contributed by atoms with Gasteiger partial charge in [0.1, 0.15) is 0 Å². The van der Waals surface area contributed by atoms with E-state index in [1.54, 1.807) is 70.6 Å². The standard InChI is InChI=1S/C22H34/c1-20-9-3-5-16(20)14-7-12-22-10-4-6-17(15-13-19(15)22)21(22,2)18(14)8-11-20/h14-19H,3-13H2,1-2H3/t14-,15?,16-,17?,18+,19?,20-,21+,22?/m0/s1. The van der Waals surface area contributed by atoms with E-state index >= 15 is 0 Å². The van der Waals surface area contributed by atoms with Gasteiger partial charge in [-0.1, -0.05) is 26.7 Å². The molecule has 22 heavy (non-hydrogen) atoms. The summed E-state index contributed by atoms with van der Waals surface area (Å²) in [5.74, 6) is 6.86. The van der Waals surface area contributed by atoms with Crippen LogP contribution in [0.4, 0.5) is 0 Å². The number of hydrogen-bond donors (Lipinski definition) is 0. The van der Waals surface area contributed by atoms with Crippen LogP contribution in [-0.4, -0.2) is 0 Å². The van der Waals surface area contributed by atoms with Gasteiger partial charge in [-0.3, -0.25) is 0 Å². The highest BCUT2D eigenvalue weighted by Crippen LogP contribution is 2.84. The zero-order valence-corrected chi connectivity index (χ0v) is 14.7. The predicted octanol–water partition coefficient (Wildman–Crippen LogP) is 6.06. The molecular formula is C22H34. The Bertz CT molecular complexity index is 522. The van der Waals surface area contributed by atoms with Gasteiger partial charge in [0.2, 0.25) is 0 Å². The van der Waals surface area contributed by atoms with Crippen LogP contribution in [0.5, 0.6) is 0 Å². The molecule has 0 heterocycles. The maximum Gasteiger partial charge on any atom is -0.0204 e. The summed E-state index contributed by atoms with van der Waals surface area (Å²) in [4.78, 5) is 0. The Kier molecular flexibility index (Phi) is 2.30. The van der Waals surface area contributed by atoms with E-state index < -0.39 is 0 Å². The van der Waals surface area contributed by atoms with Crippen molar-refractivity contribution in [2.45, 2.75) is 84.5 Å². The average molecular weight is 299 g/mol. The van der Waals surface area contributed by atoms with Crippen molar-refractivity contribution in [3.8, 4) is 0 Å². The van der Waals surface area contributed by atoms with E-state index in [4.69, 9.17) is 0 Å². The van der Waals surface area contributed by atoms with Gasteiger partial charge >= 0.3 is 0 Å². The molecule has 0 aliphatic heterocycles. The van der Waals surface area contributed by atoms with Gasteiger partial charge in [0.25, 0.3) is 0 Å². The van der Waals surface area contributed by atoms with E-state index in [-0.39, 0.29) is 0 Å². The Morgan fingerprint density at radius 3 is 2.32 bits per heavy atom. The molecule has 0 aromatic carbocycles. The lowest BCUT2D eigenvalue weighted by Crippen LogP contribution is -2.58. The van der Waals surface area contributed by atoms with Crippen molar-refractivity contribution in [2.24, 2.45) is 51.8 Å². The van der Waals surface area contributed by atoms with Crippen LogP contribution in [0.1, 0.15) is 84.5 Å². The molecule has 0 radical (unpaired) electrons. The van der Waals surface area contributed by atoms with Crippen molar-refractivity contribution >= 4 is 0 Å². The van der Waals surface area contributed by atoms with E-state index in [1.165, 1.54) is 11.8 Å². The van der Waals surface area contributed by atoms with E-state index in [2.05, 4.69) is 13.8 Å². The Balaban J connectivity index is 1.44.